The minimum atomic E-state index is -0.250. The monoisotopic (exact) mass is 347 g/mol. The van der Waals surface area contributed by atoms with Crippen LogP contribution >= 0.6 is 0 Å². The van der Waals surface area contributed by atoms with Crippen LogP contribution in [0.4, 0.5) is 11.4 Å². The van der Waals surface area contributed by atoms with Gasteiger partial charge in [-0.15, -0.1) is 0 Å². The molecule has 0 spiro atoms. The van der Waals surface area contributed by atoms with E-state index in [0.29, 0.717) is 32.8 Å². The van der Waals surface area contributed by atoms with Crippen molar-refractivity contribution in [1.82, 2.24) is 5.32 Å². The molecule has 1 saturated carbocycles. The number of carbonyl (C=O) groups excluding carboxylic acids is 2. The second kappa shape index (κ2) is 8.31. The van der Waals surface area contributed by atoms with Crippen LogP contribution in [0.1, 0.15) is 6.42 Å². The van der Waals surface area contributed by atoms with Crippen LogP contribution in [0.25, 0.3) is 0 Å². The minimum Gasteiger partial charge on any atom is -0.383 e. The number of anilines is 2. The Morgan fingerprint density at radius 2 is 1.92 bits per heavy atom. The van der Waals surface area contributed by atoms with Gasteiger partial charge in [0.25, 0.3) is 0 Å². The van der Waals surface area contributed by atoms with Gasteiger partial charge in [0.1, 0.15) is 0 Å². The third-order valence-electron chi connectivity index (χ3n) is 4.58. The van der Waals surface area contributed by atoms with Gasteiger partial charge in [-0.25, -0.2) is 0 Å². The summed E-state index contributed by atoms with van der Waals surface area (Å²) in [7, 11) is 1.59. The molecule has 1 aromatic carbocycles. The van der Waals surface area contributed by atoms with Gasteiger partial charge < -0.3 is 25.0 Å². The van der Waals surface area contributed by atoms with Crippen molar-refractivity contribution in [2.45, 2.75) is 6.42 Å². The van der Waals surface area contributed by atoms with Crippen LogP contribution in [-0.2, 0) is 19.1 Å². The van der Waals surface area contributed by atoms with Gasteiger partial charge in [0, 0.05) is 26.7 Å². The Hall–Kier alpha value is -2.12. The van der Waals surface area contributed by atoms with E-state index in [4.69, 9.17) is 9.47 Å². The molecule has 1 aromatic rings. The predicted octanol–water partition coefficient (Wildman–Crippen LogP) is 0.860. The van der Waals surface area contributed by atoms with Gasteiger partial charge in [0.15, 0.2) is 0 Å². The lowest BCUT2D eigenvalue weighted by Gasteiger charge is -2.30. The largest absolute Gasteiger partial charge is 0.383 e. The third kappa shape index (κ3) is 4.49. The van der Waals surface area contributed by atoms with Gasteiger partial charge in [-0.3, -0.25) is 9.59 Å². The molecule has 1 aliphatic carbocycles. The summed E-state index contributed by atoms with van der Waals surface area (Å²) >= 11 is 0. The first-order chi connectivity index (χ1) is 12.2. The highest BCUT2D eigenvalue weighted by atomic mass is 16.5. The van der Waals surface area contributed by atoms with Crippen LogP contribution in [0.15, 0.2) is 24.3 Å². The van der Waals surface area contributed by atoms with Gasteiger partial charge >= 0.3 is 0 Å². The van der Waals surface area contributed by atoms with Crippen molar-refractivity contribution in [3.05, 3.63) is 24.3 Å². The number of methoxy groups -OCH3 is 1. The van der Waals surface area contributed by atoms with E-state index in [1.54, 1.807) is 7.11 Å². The Labute approximate surface area is 147 Å². The molecule has 0 radical (unpaired) electrons. The molecular formula is C18H25N3O4. The molecule has 25 heavy (non-hydrogen) atoms. The van der Waals surface area contributed by atoms with Gasteiger partial charge in [0.05, 0.1) is 43.0 Å². The maximum Gasteiger partial charge on any atom is 0.228 e. The Morgan fingerprint density at radius 3 is 2.68 bits per heavy atom. The lowest BCUT2D eigenvalue weighted by Crippen LogP contribution is -2.36. The lowest BCUT2D eigenvalue weighted by atomic mass is 10.2. The topological polar surface area (TPSA) is 79.9 Å². The fourth-order valence-electron chi connectivity index (χ4n) is 3.07. The lowest BCUT2D eigenvalue weighted by molar-refractivity contribution is -0.125. The summed E-state index contributed by atoms with van der Waals surface area (Å²) in [6, 6.07) is 7.77. The molecule has 1 saturated heterocycles. The van der Waals surface area contributed by atoms with E-state index < -0.39 is 0 Å². The van der Waals surface area contributed by atoms with Crippen molar-refractivity contribution in [1.29, 1.82) is 0 Å². The molecule has 2 aliphatic rings. The Bertz CT molecular complexity index is 616. The van der Waals surface area contributed by atoms with Crippen LogP contribution in [-0.4, -0.2) is 58.4 Å². The molecule has 7 heteroatoms. The quantitative estimate of drug-likeness (QED) is 0.715. The Morgan fingerprint density at radius 1 is 1.20 bits per heavy atom. The van der Waals surface area contributed by atoms with Crippen molar-refractivity contribution < 1.29 is 19.1 Å². The first kappa shape index (κ1) is 17.7. The van der Waals surface area contributed by atoms with Crippen molar-refractivity contribution in [2.24, 2.45) is 11.8 Å². The van der Waals surface area contributed by atoms with Gasteiger partial charge in [-0.05, 0) is 18.6 Å². The fraction of sp³-hybridized carbons (Fsp3) is 0.556. The summed E-state index contributed by atoms with van der Waals surface area (Å²) in [5.41, 5.74) is 1.79. The molecule has 136 valence electrons. The van der Waals surface area contributed by atoms with E-state index in [9.17, 15) is 9.59 Å². The number of carbonyl (C=O) groups is 2. The van der Waals surface area contributed by atoms with Crippen LogP contribution in [0.5, 0.6) is 0 Å². The van der Waals surface area contributed by atoms with Crippen molar-refractivity contribution in [2.75, 3.05) is 56.8 Å². The van der Waals surface area contributed by atoms with Gasteiger partial charge in [-0.1, -0.05) is 12.1 Å². The van der Waals surface area contributed by atoms with Crippen molar-refractivity contribution in [3.8, 4) is 0 Å². The average Bonchev–Trinajstić information content (AvgIpc) is 3.44. The molecule has 0 aromatic heterocycles. The normalized spacial score (nSPS) is 22.4. The van der Waals surface area contributed by atoms with Crippen LogP contribution in [0.3, 0.4) is 0 Å². The zero-order valence-electron chi connectivity index (χ0n) is 14.5. The zero-order valence-corrected chi connectivity index (χ0v) is 14.5. The summed E-state index contributed by atoms with van der Waals surface area (Å²) in [5, 5.41) is 5.79. The van der Waals surface area contributed by atoms with Crippen molar-refractivity contribution in [3.63, 3.8) is 0 Å². The molecule has 2 unspecified atom stereocenters. The van der Waals surface area contributed by atoms with Crippen molar-refractivity contribution >= 4 is 23.2 Å². The second-order valence-corrected chi connectivity index (χ2v) is 6.34. The summed E-state index contributed by atoms with van der Waals surface area (Å²) in [6.45, 7) is 3.94. The Kier molecular flexibility index (Phi) is 5.88. The molecule has 1 heterocycles. The van der Waals surface area contributed by atoms with Crippen LogP contribution in [0, 0.1) is 11.8 Å². The highest BCUT2D eigenvalue weighted by Crippen LogP contribution is 2.40. The summed E-state index contributed by atoms with van der Waals surface area (Å²) in [5.74, 6) is -0.640. The summed E-state index contributed by atoms with van der Waals surface area (Å²) < 4.78 is 10.3. The number of rotatable bonds is 7. The maximum absolute atomic E-state index is 12.5. The third-order valence-corrected chi connectivity index (χ3v) is 4.58. The van der Waals surface area contributed by atoms with Crippen LogP contribution < -0.4 is 15.5 Å². The van der Waals surface area contributed by atoms with E-state index in [-0.39, 0.29) is 23.7 Å². The number of morpholine rings is 1. The van der Waals surface area contributed by atoms with E-state index >= 15 is 0 Å². The molecule has 2 fully saturated rings. The highest BCUT2D eigenvalue weighted by molar-refractivity contribution is 6.01. The molecule has 1 aliphatic heterocycles. The maximum atomic E-state index is 12.5. The standard InChI is InChI=1S/C18H25N3O4/c1-24-9-6-19-17(22)13-12-14(13)18(23)20-15-4-2-3-5-16(15)21-7-10-25-11-8-21/h2-5,13-14H,6-12H2,1H3,(H,19,22)(H,20,23). The Balaban J connectivity index is 1.56. The van der Waals surface area contributed by atoms with E-state index in [0.717, 1.165) is 24.5 Å². The summed E-state index contributed by atoms with van der Waals surface area (Å²) in [4.78, 5) is 26.7. The second-order valence-electron chi connectivity index (χ2n) is 6.34. The number of hydrogen-bond acceptors (Lipinski definition) is 5. The van der Waals surface area contributed by atoms with E-state index in [1.807, 2.05) is 24.3 Å². The predicted molar refractivity (Wildman–Crippen MR) is 94.6 cm³/mol. The number of nitrogens with one attached hydrogen (secondary N) is 2. The highest BCUT2D eigenvalue weighted by Gasteiger charge is 2.48. The summed E-state index contributed by atoms with van der Waals surface area (Å²) in [6.07, 6.45) is 0.602. The fourth-order valence-corrected chi connectivity index (χ4v) is 3.07. The minimum absolute atomic E-state index is 0.0707. The molecule has 2 N–H and O–H groups in total. The van der Waals surface area contributed by atoms with Crippen LogP contribution in [0.2, 0.25) is 0 Å². The number of para-hydroxylation sites is 2. The van der Waals surface area contributed by atoms with E-state index in [1.165, 1.54) is 0 Å². The molecule has 7 nitrogen and oxygen atoms in total. The average molecular weight is 347 g/mol. The van der Waals surface area contributed by atoms with Gasteiger partial charge in [-0.2, -0.15) is 0 Å². The number of ether oxygens (including phenoxy) is 2. The number of hydrogen-bond donors (Lipinski definition) is 2. The number of nitrogens with zero attached hydrogens (tertiary/aromatic N) is 1. The molecule has 2 atom stereocenters. The SMILES string of the molecule is COCCNC(=O)C1CC1C(=O)Nc1ccccc1N1CCOCC1. The number of amides is 2. The first-order valence-electron chi connectivity index (χ1n) is 8.70. The molecule has 2 amide bonds. The number of benzene rings is 1. The van der Waals surface area contributed by atoms with Gasteiger partial charge in [0.2, 0.25) is 11.8 Å². The zero-order chi connectivity index (χ0) is 17.6. The molecule has 3 rings (SSSR count). The van der Waals surface area contributed by atoms with E-state index in [2.05, 4.69) is 15.5 Å². The molecular weight excluding hydrogens is 322 g/mol. The first-order valence-corrected chi connectivity index (χ1v) is 8.70. The molecule has 0 bridgehead atoms. The smallest absolute Gasteiger partial charge is 0.228 e.